The van der Waals surface area contributed by atoms with Gasteiger partial charge in [-0.2, -0.15) is 0 Å². The van der Waals surface area contributed by atoms with Crippen molar-refractivity contribution in [2.45, 2.75) is 57.0 Å². The highest BCUT2D eigenvalue weighted by Crippen LogP contribution is 2.40. The molecule has 0 amide bonds. The van der Waals surface area contributed by atoms with Crippen molar-refractivity contribution < 1.29 is 0 Å². The molecular weight excluding hydrogens is 232 g/mol. The van der Waals surface area contributed by atoms with Gasteiger partial charge in [0.15, 0.2) is 0 Å². The topological polar surface area (TPSA) is 29.3 Å². The molecule has 1 atom stereocenters. The number of hydrogen-bond donors (Lipinski definition) is 1. The first-order valence-electron chi connectivity index (χ1n) is 7.90. The minimum absolute atomic E-state index is 0.710. The highest BCUT2D eigenvalue weighted by Gasteiger charge is 2.24. The third-order valence-corrected chi connectivity index (χ3v) is 4.66. The molecule has 0 bridgehead atoms. The van der Waals surface area contributed by atoms with Crippen LogP contribution < -0.4 is 5.73 Å². The van der Waals surface area contributed by atoms with Gasteiger partial charge in [0, 0.05) is 12.6 Å². The fraction of sp³-hybridized carbons (Fsp3) is 0.647. The van der Waals surface area contributed by atoms with Gasteiger partial charge < -0.3 is 5.73 Å². The zero-order valence-electron chi connectivity index (χ0n) is 11.9. The minimum Gasteiger partial charge on any atom is -0.330 e. The van der Waals surface area contributed by atoms with Crippen LogP contribution in [-0.2, 0) is 6.54 Å². The quantitative estimate of drug-likeness (QED) is 0.878. The highest BCUT2D eigenvalue weighted by atomic mass is 15.2. The van der Waals surface area contributed by atoms with Gasteiger partial charge in [-0.3, -0.25) is 4.90 Å². The van der Waals surface area contributed by atoms with Crippen molar-refractivity contribution in [1.82, 2.24) is 4.90 Å². The molecule has 1 aliphatic heterocycles. The largest absolute Gasteiger partial charge is 0.330 e. The fourth-order valence-corrected chi connectivity index (χ4v) is 3.33. The SMILES string of the molecule is NCCC1CCCCN1Cc1ccc(C2CC2)cc1. The molecule has 104 valence electrons. The molecule has 1 heterocycles. The van der Waals surface area contributed by atoms with E-state index >= 15 is 0 Å². The van der Waals surface area contributed by atoms with Gasteiger partial charge in [0.05, 0.1) is 0 Å². The first-order chi connectivity index (χ1) is 9.36. The van der Waals surface area contributed by atoms with Crippen molar-refractivity contribution in [2.75, 3.05) is 13.1 Å². The third-order valence-electron chi connectivity index (χ3n) is 4.66. The third kappa shape index (κ3) is 3.37. The molecule has 2 aliphatic rings. The maximum absolute atomic E-state index is 5.75. The van der Waals surface area contributed by atoms with E-state index in [0.717, 1.165) is 25.4 Å². The van der Waals surface area contributed by atoms with Crippen molar-refractivity contribution in [3.63, 3.8) is 0 Å². The molecule has 1 aromatic rings. The molecule has 1 unspecified atom stereocenters. The number of benzene rings is 1. The summed E-state index contributed by atoms with van der Waals surface area (Å²) in [6.45, 7) is 3.17. The second-order valence-corrected chi connectivity index (χ2v) is 6.21. The van der Waals surface area contributed by atoms with Gasteiger partial charge in [-0.05, 0) is 62.2 Å². The van der Waals surface area contributed by atoms with E-state index in [1.807, 2.05) is 0 Å². The highest BCUT2D eigenvalue weighted by molar-refractivity contribution is 5.28. The Morgan fingerprint density at radius 3 is 2.53 bits per heavy atom. The van der Waals surface area contributed by atoms with E-state index in [1.165, 1.54) is 44.2 Å². The average Bonchev–Trinajstić information content (AvgIpc) is 3.27. The molecular formula is C17H26N2. The van der Waals surface area contributed by atoms with Gasteiger partial charge in [-0.25, -0.2) is 0 Å². The summed E-state index contributed by atoms with van der Waals surface area (Å²) in [7, 11) is 0. The summed E-state index contributed by atoms with van der Waals surface area (Å²) in [6.07, 6.45) is 7.99. The Balaban J connectivity index is 1.61. The maximum Gasteiger partial charge on any atom is 0.0236 e. The summed E-state index contributed by atoms with van der Waals surface area (Å²) in [6, 6.07) is 10.1. The smallest absolute Gasteiger partial charge is 0.0236 e. The summed E-state index contributed by atoms with van der Waals surface area (Å²) in [5, 5.41) is 0. The Kier molecular flexibility index (Phi) is 4.19. The van der Waals surface area contributed by atoms with Crippen molar-refractivity contribution in [2.24, 2.45) is 5.73 Å². The lowest BCUT2D eigenvalue weighted by atomic mass is 9.98. The Morgan fingerprint density at radius 2 is 1.84 bits per heavy atom. The van der Waals surface area contributed by atoms with Crippen LogP contribution in [0.4, 0.5) is 0 Å². The molecule has 1 saturated carbocycles. The second kappa shape index (κ2) is 6.06. The normalized spacial score (nSPS) is 24.6. The standard InChI is InChI=1S/C17H26N2/c18-11-10-17-3-1-2-12-19(17)13-14-4-6-15(7-5-14)16-8-9-16/h4-7,16-17H,1-3,8-13,18H2. The first kappa shape index (κ1) is 13.1. The van der Waals surface area contributed by atoms with Crippen LogP contribution in [0.2, 0.25) is 0 Å². The molecule has 19 heavy (non-hydrogen) atoms. The Labute approximate surface area is 117 Å². The van der Waals surface area contributed by atoms with Crippen LogP contribution in [0.3, 0.4) is 0 Å². The predicted octanol–water partition coefficient (Wildman–Crippen LogP) is 3.27. The Morgan fingerprint density at radius 1 is 1.05 bits per heavy atom. The number of nitrogens with zero attached hydrogens (tertiary/aromatic N) is 1. The van der Waals surface area contributed by atoms with Gasteiger partial charge >= 0.3 is 0 Å². The van der Waals surface area contributed by atoms with Crippen molar-refractivity contribution >= 4 is 0 Å². The van der Waals surface area contributed by atoms with Crippen LogP contribution >= 0.6 is 0 Å². The summed E-state index contributed by atoms with van der Waals surface area (Å²) >= 11 is 0. The van der Waals surface area contributed by atoms with Crippen LogP contribution in [0.15, 0.2) is 24.3 Å². The number of nitrogens with two attached hydrogens (primary N) is 1. The zero-order valence-corrected chi connectivity index (χ0v) is 11.9. The van der Waals surface area contributed by atoms with Crippen molar-refractivity contribution in [3.8, 4) is 0 Å². The molecule has 2 heteroatoms. The van der Waals surface area contributed by atoms with Crippen LogP contribution in [0.1, 0.15) is 55.6 Å². The molecule has 3 rings (SSSR count). The van der Waals surface area contributed by atoms with E-state index in [0.29, 0.717) is 6.04 Å². The summed E-state index contributed by atoms with van der Waals surface area (Å²) < 4.78 is 0. The first-order valence-corrected chi connectivity index (χ1v) is 7.90. The molecule has 2 nitrogen and oxygen atoms in total. The summed E-state index contributed by atoms with van der Waals surface area (Å²) in [5.74, 6) is 0.869. The van der Waals surface area contributed by atoms with Crippen LogP contribution in [0.5, 0.6) is 0 Å². The second-order valence-electron chi connectivity index (χ2n) is 6.21. The molecule has 0 radical (unpaired) electrons. The van der Waals surface area contributed by atoms with Crippen LogP contribution in [0.25, 0.3) is 0 Å². The number of hydrogen-bond acceptors (Lipinski definition) is 2. The number of piperidine rings is 1. The number of rotatable bonds is 5. The minimum atomic E-state index is 0.710. The van der Waals surface area contributed by atoms with Gasteiger partial charge in [-0.1, -0.05) is 30.7 Å². The maximum atomic E-state index is 5.75. The summed E-state index contributed by atoms with van der Waals surface area (Å²) in [4.78, 5) is 2.64. The lowest BCUT2D eigenvalue weighted by Gasteiger charge is -2.35. The molecule has 0 spiro atoms. The Bertz CT molecular complexity index is 392. The molecule has 1 aromatic carbocycles. The molecule has 2 N–H and O–H groups in total. The van der Waals surface area contributed by atoms with E-state index in [-0.39, 0.29) is 0 Å². The average molecular weight is 258 g/mol. The monoisotopic (exact) mass is 258 g/mol. The van der Waals surface area contributed by atoms with E-state index in [2.05, 4.69) is 29.2 Å². The number of likely N-dealkylation sites (tertiary alicyclic amines) is 1. The van der Waals surface area contributed by atoms with Gasteiger partial charge in [0.2, 0.25) is 0 Å². The lowest BCUT2D eigenvalue weighted by Crippen LogP contribution is -2.40. The molecule has 1 saturated heterocycles. The predicted molar refractivity (Wildman–Crippen MR) is 80.1 cm³/mol. The van der Waals surface area contributed by atoms with Gasteiger partial charge in [0.25, 0.3) is 0 Å². The van der Waals surface area contributed by atoms with E-state index in [9.17, 15) is 0 Å². The van der Waals surface area contributed by atoms with E-state index in [1.54, 1.807) is 5.56 Å². The van der Waals surface area contributed by atoms with Gasteiger partial charge in [-0.15, -0.1) is 0 Å². The van der Waals surface area contributed by atoms with Gasteiger partial charge in [0.1, 0.15) is 0 Å². The van der Waals surface area contributed by atoms with E-state index < -0.39 is 0 Å². The van der Waals surface area contributed by atoms with E-state index in [4.69, 9.17) is 5.73 Å². The fourth-order valence-electron chi connectivity index (χ4n) is 3.33. The Hall–Kier alpha value is -0.860. The van der Waals surface area contributed by atoms with Crippen LogP contribution in [0, 0.1) is 0 Å². The van der Waals surface area contributed by atoms with Crippen molar-refractivity contribution in [1.29, 1.82) is 0 Å². The van der Waals surface area contributed by atoms with Crippen molar-refractivity contribution in [3.05, 3.63) is 35.4 Å². The molecule has 2 fully saturated rings. The molecule has 0 aromatic heterocycles. The lowest BCUT2D eigenvalue weighted by molar-refractivity contribution is 0.134. The van der Waals surface area contributed by atoms with Crippen LogP contribution in [-0.4, -0.2) is 24.0 Å². The summed E-state index contributed by atoms with van der Waals surface area (Å²) in [5.41, 5.74) is 8.76. The zero-order chi connectivity index (χ0) is 13.1. The molecule has 1 aliphatic carbocycles.